The van der Waals surface area contributed by atoms with Crippen LogP contribution in [0.1, 0.15) is 16.1 Å². The molecule has 6 nitrogen and oxygen atoms in total. The number of carbonyl (C=O) groups is 1. The maximum absolute atomic E-state index is 14.6. The highest BCUT2D eigenvalue weighted by atomic mass is 19.1. The number of carbonyl (C=O) groups excluding carboxylic acids is 1. The van der Waals surface area contributed by atoms with Gasteiger partial charge in [-0.3, -0.25) is 9.78 Å². The van der Waals surface area contributed by atoms with E-state index in [1.807, 2.05) is 0 Å². The van der Waals surface area contributed by atoms with E-state index in [1.54, 1.807) is 23.7 Å². The number of ether oxygens (including phenoxy) is 1. The van der Waals surface area contributed by atoms with Gasteiger partial charge in [-0.2, -0.15) is 0 Å². The largest absolute Gasteiger partial charge is 0.492 e. The van der Waals surface area contributed by atoms with Gasteiger partial charge in [0.05, 0.1) is 35.9 Å². The normalized spacial score (nSPS) is 13.1. The van der Waals surface area contributed by atoms with Crippen molar-refractivity contribution in [1.29, 1.82) is 0 Å². The van der Waals surface area contributed by atoms with Gasteiger partial charge in [-0.1, -0.05) is 6.07 Å². The molecule has 28 heavy (non-hydrogen) atoms. The molecule has 0 saturated carbocycles. The van der Waals surface area contributed by atoms with Crippen molar-refractivity contribution in [2.75, 3.05) is 19.0 Å². The van der Waals surface area contributed by atoms with Gasteiger partial charge in [0.2, 0.25) is 0 Å². The van der Waals surface area contributed by atoms with Gasteiger partial charge in [-0.15, -0.1) is 0 Å². The third kappa shape index (κ3) is 2.77. The number of rotatable bonds is 4. The minimum Gasteiger partial charge on any atom is -0.492 e. The lowest BCUT2D eigenvalue weighted by Crippen LogP contribution is -2.32. The summed E-state index contributed by atoms with van der Waals surface area (Å²) >= 11 is 0. The summed E-state index contributed by atoms with van der Waals surface area (Å²) in [5.74, 6) is -1.32. The topological polar surface area (TPSA) is 68.2 Å². The Morgan fingerprint density at radius 1 is 1.25 bits per heavy atom. The molecule has 3 aromatic rings. The molecular weight excluding hydrogens is 366 g/mol. The van der Waals surface area contributed by atoms with E-state index in [0.29, 0.717) is 35.6 Å². The molecule has 0 aliphatic carbocycles. The summed E-state index contributed by atoms with van der Waals surface area (Å²) in [4.78, 5) is 16.4. The van der Waals surface area contributed by atoms with Crippen molar-refractivity contribution >= 4 is 17.3 Å². The van der Waals surface area contributed by atoms with E-state index in [1.165, 1.54) is 25.4 Å². The number of nitrogens with one attached hydrogen (secondary N) is 2. The summed E-state index contributed by atoms with van der Waals surface area (Å²) < 4.78 is 35.7. The number of hydrogen-bond donors (Lipinski definition) is 2. The average molecular weight is 384 g/mol. The number of amides is 1. The molecule has 2 aromatic heterocycles. The molecule has 144 valence electrons. The lowest BCUT2D eigenvalue weighted by Gasteiger charge is -2.16. The van der Waals surface area contributed by atoms with Crippen LogP contribution in [0.3, 0.4) is 0 Å². The smallest absolute Gasteiger partial charge is 0.255 e. The first-order chi connectivity index (χ1) is 13.5. The Kier molecular flexibility index (Phi) is 4.46. The third-order valence-electron chi connectivity index (χ3n) is 4.85. The zero-order chi connectivity index (χ0) is 19.8. The van der Waals surface area contributed by atoms with Gasteiger partial charge >= 0.3 is 0 Å². The second-order valence-corrected chi connectivity index (χ2v) is 6.41. The number of pyridine rings is 1. The van der Waals surface area contributed by atoms with E-state index in [4.69, 9.17) is 4.74 Å². The molecule has 1 aliphatic rings. The van der Waals surface area contributed by atoms with E-state index < -0.39 is 11.6 Å². The van der Waals surface area contributed by atoms with Crippen LogP contribution >= 0.6 is 0 Å². The van der Waals surface area contributed by atoms with Gasteiger partial charge in [0.25, 0.3) is 5.91 Å². The fourth-order valence-corrected chi connectivity index (χ4v) is 3.61. The number of nitrogens with zero attached hydrogens (tertiary/aromatic N) is 2. The number of aromatic nitrogens is 2. The van der Waals surface area contributed by atoms with Crippen LogP contribution in [-0.2, 0) is 13.5 Å². The Morgan fingerprint density at radius 2 is 2.07 bits per heavy atom. The van der Waals surface area contributed by atoms with Gasteiger partial charge in [0.1, 0.15) is 0 Å². The second-order valence-electron chi connectivity index (χ2n) is 6.41. The predicted octanol–water partition coefficient (Wildman–Crippen LogP) is 3.40. The Labute approximate surface area is 160 Å². The van der Waals surface area contributed by atoms with Crippen LogP contribution in [0.5, 0.6) is 5.75 Å². The molecule has 8 heteroatoms. The summed E-state index contributed by atoms with van der Waals surface area (Å²) in [7, 11) is 3.14. The van der Waals surface area contributed by atoms with Crippen LogP contribution in [0.2, 0.25) is 0 Å². The summed E-state index contributed by atoms with van der Waals surface area (Å²) in [5.41, 5.74) is 2.68. The van der Waals surface area contributed by atoms with Crippen LogP contribution in [0.15, 0.2) is 36.7 Å². The van der Waals surface area contributed by atoms with Gasteiger partial charge in [-0.25, -0.2) is 8.78 Å². The fraction of sp³-hybridized carbons (Fsp3) is 0.200. The molecule has 1 amide bonds. The molecule has 0 bridgehead atoms. The van der Waals surface area contributed by atoms with Crippen molar-refractivity contribution in [2.45, 2.75) is 6.42 Å². The number of hydrogen-bond acceptors (Lipinski definition) is 4. The lowest BCUT2D eigenvalue weighted by atomic mass is 10.1. The van der Waals surface area contributed by atoms with E-state index in [9.17, 15) is 13.6 Å². The van der Waals surface area contributed by atoms with Crippen molar-refractivity contribution < 1.29 is 18.3 Å². The minimum absolute atomic E-state index is 0.0115. The average Bonchev–Trinajstić information content (AvgIpc) is 2.96. The van der Waals surface area contributed by atoms with E-state index in [0.717, 1.165) is 11.9 Å². The molecule has 1 aromatic carbocycles. The van der Waals surface area contributed by atoms with Gasteiger partial charge < -0.3 is 19.9 Å². The Balaban J connectivity index is 1.97. The third-order valence-corrected chi connectivity index (χ3v) is 4.85. The van der Waals surface area contributed by atoms with E-state index in [2.05, 4.69) is 15.6 Å². The Bertz CT molecular complexity index is 1080. The number of benzene rings is 1. The standard InChI is InChI=1S/C20H18F2N4O2/c1-26-15-7-9-24-20(27)16(15)17(18(26)11-6-8-23-10-13(11)22)25-14-5-3-4-12(21)19(14)28-2/h3-6,8,10,25H,7,9H2,1-2H3,(H,24,27). The maximum Gasteiger partial charge on any atom is 0.255 e. The number of para-hydroxylation sites is 1. The molecule has 0 atom stereocenters. The van der Waals surface area contributed by atoms with E-state index in [-0.39, 0.29) is 17.2 Å². The monoisotopic (exact) mass is 384 g/mol. The molecule has 0 spiro atoms. The molecule has 1 aliphatic heterocycles. The van der Waals surface area contributed by atoms with Gasteiger partial charge in [-0.05, 0) is 18.2 Å². The van der Waals surface area contributed by atoms with Gasteiger partial charge in [0, 0.05) is 37.5 Å². The number of methoxy groups -OCH3 is 1. The highest BCUT2D eigenvalue weighted by Gasteiger charge is 2.30. The molecular formula is C20H18F2N4O2. The van der Waals surface area contributed by atoms with Crippen molar-refractivity contribution in [2.24, 2.45) is 7.05 Å². The van der Waals surface area contributed by atoms with Crippen molar-refractivity contribution in [3.63, 3.8) is 0 Å². The lowest BCUT2D eigenvalue weighted by molar-refractivity contribution is 0.0946. The second kappa shape index (κ2) is 6.95. The van der Waals surface area contributed by atoms with E-state index >= 15 is 0 Å². The number of anilines is 2. The first-order valence-electron chi connectivity index (χ1n) is 8.72. The van der Waals surface area contributed by atoms with Crippen LogP contribution in [0.25, 0.3) is 11.3 Å². The van der Waals surface area contributed by atoms with Gasteiger partial charge in [0.15, 0.2) is 17.4 Å². The maximum atomic E-state index is 14.6. The zero-order valence-corrected chi connectivity index (χ0v) is 15.3. The minimum atomic E-state index is -0.543. The molecule has 0 radical (unpaired) electrons. The summed E-state index contributed by atoms with van der Waals surface area (Å²) in [6.07, 6.45) is 3.20. The fourth-order valence-electron chi connectivity index (χ4n) is 3.61. The summed E-state index contributed by atoms with van der Waals surface area (Å²) in [6.45, 7) is 0.491. The van der Waals surface area contributed by atoms with Crippen molar-refractivity contribution in [3.05, 3.63) is 59.6 Å². The molecule has 0 fully saturated rings. The highest BCUT2D eigenvalue weighted by molar-refractivity contribution is 6.06. The molecule has 4 rings (SSSR count). The predicted molar refractivity (Wildman–Crippen MR) is 101 cm³/mol. The van der Waals surface area contributed by atoms with Crippen molar-refractivity contribution in [3.8, 4) is 17.0 Å². The SMILES string of the molecule is COc1c(F)cccc1Nc1c2c(n(C)c1-c1ccncc1F)CCNC2=O. The quantitative estimate of drug-likeness (QED) is 0.724. The molecule has 3 heterocycles. The molecule has 0 unspecified atom stereocenters. The molecule has 2 N–H and O–H groups in total. The number of halogens is 2. The molecule has 0 saturated heterocycles. The summed E-state index contributed by atoms with van der Waals surface area (Å²) in [5, 5.41) is 5.91. The van der Waals surface area contributed by atoms with Crippen LogP contribution in [0, 0.1) is 11.6 Å². The number of fused-ring (bicyclic) bond motifs is 1. The van der Waals surface area contributed by atoms with Crippen LogP contribution < -0.4 is 15.4 Å². The van der Waals surface area contributed by atoms with Crippen molar-refractivity contribution in [1.82, 2.24) is 14.9 Å². The summed E-state index contributed by atoms with van der Waals surface area (Å²) in [6, 6.07) is 5.99. The first kappa shape index (κ1) is 18.0. The first-order valence-corrected chi connectivity index (χ1v) is 8.72. The van der Waals surface area contributed by atoms with Crippen LogP contribution in [0.4, 0.5) is 20.2 Å². The zero-order valence-electron chi connectivity index (χ0n) is 15.3. The Morgan fingerprint density at radius 3 is 2.82 bits per heavy atom. The highest BCUT2D eigenvalue weighted by Crippen LogP contribution is 2.41. The Hall–Kier alpha value is -3.42. The van der Waals surface area contributed by atoms with Crippen LogP contribution in [-0.4, -0.2) is 29.1 Å².